The number of hydrogen-bond donors (Lipinski definition) is 1. The number of benzene rings is 1. The van der Waals surface area contributed by atoms with Gasteiger partial charge < -0.3 is 5.32 Å². The molecule has 2 aliphatic rings. The molecule has 22 heavy (non-hydrogen) atoms. The van der Waals surface area contributed by atoms with Crippen molar-refractivity contribution in [3.8, 4) is 0 Å². The Morgan fingerprint density at radius 1 is 1.09 bits per heavy atom. The summed E-state index contributed by atoms with van der Waals surface area (Å²) >= 11 is 0. The minimum Gasteiger partial charge on any atom is -0.351 e. The predicted molar refractivity (Wildman–Crippen MR) is 89.8 cm³/mol. The van der Waals surface area contributed by atoms with Crippen LogP contribution in [0.5, 0.6) is 0 Å². The van der Waals surface area contributed by atoms with E-state index in [-0.39, 0.29) is 11.9 Å². The Labute approximate surface area is 134 Å². The van der Waals surface area contributed by atoms with Crippen molar-refractivity contribution in [2.75, 3.05) is 13.1 Å². The van der Waals surface area contributed by atoms with Crippen molar-refractivity contribution >= 4 is 5.91 Å². The fraction of sp³-hybridized carbons (Fsp3) is 0.632. The van der Waals surface area contributed by atoms with Crippen LogP contribution in [0.15, 0.2) is 18.2 Å². The van der Waals surface area contributed by atoms with Gasteiger partial charge in [-0.25, -0.2) is 0 Å². The van der Waals surface area contributed by atoms with Gasteiger partial charge in [0, 0.05) is 6.54 Å². The second-order valence-electron chi connectivity index (χ2n) is 6.80. The molecule has 1 aliphatic heterocycles. The first kappa shape index (κ1) is 15.5. The lowest BCUT2D eigenvalue weighted by atomic mass is 10.1. The van der Waals surface area contributed by atoms with Crippen molar-refractivity contribution in [1.82, 2.24) is 10.2 Å². The van der Waals surface area contributed by atoms with Crippen LogP contribution in [0.25, 0.3) is 0 Å². The van der Waals surface area contributed by atoms with Gasteiger partial charge in [0.05, 0.1) is 6.04 Å². The average Bonchev–Trinajstić information content (AvgIpc) is 2.83. The van der Waals surface area contributed by atoms with Gasteiger partial charge in [-0.15, -0.1) is 0 Å². The van der Waals surface area contributed by atoms with E-state index in [1.807, 2.05) is 6.92 Å². The summed E-state index contributed by atoms with van der Waals surface area (Å²) < 4.78 is 0. The lowest BCUT2D eigenvalue weighted by Gasteiger charge is -2.26. The van der Waals surface area contributed by atoms with Gasteiger partial charge in [-0.05, 0) is 68.8 Å². The molecule has 3 rings (SSSR count). The first-order chi connectivity index (χ1) is 10.7. The molecule has 1 aromatic rings. The first-order valence-electron chi connectivity index (χ1n) is 8.86. The Kier molecular flexibility index (Phi) is 5.14. The first-order valence-corrected chi connectivity index (χ1v) is 8.86. The maximum atomic E-state index is 12.4. The molecule has 1 fully saturated rings. The number of aryl methyl sites for hydroxylation is 2. The lowest BCUT2D eigenvalue weighted by molar-refractivity contribution is -0.126. The number of hydrogen-bond acceptors (Lipinski definition) is 2. The summed E-state index contributed by atoms with van der Waals surface area (Å²) in [7, 11) is 0. The van der Waals surface area contributed by atoms with E-state index in [0.29, 0.717) is 6.54 Å². The second kappa shape index (κ2) is 7.28. The molecule has 0 spiro atoms. The molecule has 0 aromatic heterocycles. The summed E-state index contributed by atoms with van der Waals surface area (Å²) in [6.07, 6.45) is 8.75. The summed E-state index contributed by atoms with van der Waals surface area (Å²) in [6.45, 7) is 4.83. The number of likely N-dealkylation sites (tertiary alicyclic amines) is 1. The van der Waals surface area contributed by atoms with Crippen LogP contribution >= 0.6 is 0 Å². The zero-order chi connectivity index (χ0) is 15.4. The van der Waals surface area contributed by atoms with Gasteiger partial charge in [0.1, 0.15) is 0 Å². The number of carbonyl (C=O) groups excluding carboxylic acids is 1. The average molecular weight is 300 g/mol. The van der Waals surface area contributed by atoms with Crippen LogP contribution < -0.4 is 5.32 Å². The molecule has 1 aliphatic carbocycles. The zero-order valence-electron chi connectivity index (χ0n) is 13.7. The summed E-state index contributed by atoms with van der Waals surface area (Å²) in [6, 6.07) is 6.68. The molecule has 3 heteroatoms. The zero-order valence-corrected chi connectivity index (χ0v) is 13.7. The topological polar surface area (TPSA) is 32.3 Å². The highest BCUT2D eigenvalue weighted by Gasteiger charge is 2.21. The Bertz CT molecular complexity index is 518. The molecular weight excluding hydrogens is 272 g/mol. The highest BCUT2D eigenvalue weighted by atomic mass is 16.2. The van der Waals surface area contributed by atoms with Gasteiger partial charge in [-0.2, -0.15) is 0 Å². The third-order valence-corrected chi connectivity index (χ3v) is 5.20. The summed E-state index contributed by atoms with van der Waals surface area (Å²) in [5.74, 6) is 0.169. The second-order valence-corrected chi connectivity index (χ2v) is 6.80. The molecule has 0 saturated carbocycles. The Morgan fingerprint density at radius 3 is 2.59 bits per heavy atom. The molecule has 1 amide bonds. The van der Waals surface area contributed by atoms with Crippen LogP contribution in [0.3, 0.4) is 0 Å². The fourth-order valence-corrected chi connectivity index (χ4v) is 3.72. The number of nitrogens with one attached hydrogen (secondary N) is 1. The maximum absolute atomic E-state index is 12.4. The van der Waals surface area contributed by atoms with Crippen molar-refractivity contribution in [3.63, 3.8) is 0 Å². The third kappa shape index (κ3) is 3.70. The molecule has 120 valence electrons. The van der Waals surface area contributed by atoms with Crippen LogP contribution in [0.2, 0.25) is 0 Å². The minimum atomic E-state index is -0.00692. The van der Waals surface area contributed by atoms with Gasteiger partial charge in [0.25, 0.3) is 0 Å². The van der Waals surface area contributed by atoms with Crippen molar-refractivity contribution in [2.24, 2.45) is 0 Å². The molecule has 3 nitrogen and oxygen atoms in total. The molecule has 1 aromatic carbocycles. The molecular formula is C19H28N2O. The highest BCUT2D eigenvalue weighted by Crippen LogP contribution is 2.22. The van der Waals surface area contributed by atoms with E-state index in [1.54, 1.807) is 0 Å². The molecule has 0 bridgehead atoms. The van der Waals surface area contributed by atoms with E-state index in [1.165, 1.54) is 61.6 Å². The van der Waals surface area contributed by atoms with Gasteiger partial charge >= 0.3 is 0 Å². The molecule has 0 radical (unpaired) electrons. The van der Waals surface area contributed by atoms with Gasteiger partial charge in [0.15, 0.2) is 0 Å². The number of carbonyl (C=O) groups is 1. The Balaban J connectivity index is 1.53. The van der Waals surface area contributed by atoms with Crippen LogP contribution in [0, 0.1) is 0 Å². The van der Waals surface area contributed by atoms with Crippen LogP contribution in [-0.2, 0) is 24.2 Å². The largest absolute Gasteiger partial charge is 0.351 e. The van der Waals surface area contributed by atoms with E-state index >= 15 is 0 Å². The standard InChI is InChI=1S/C19H28N2O/c1-15(21-11-4-2-3-5-12-21)19(22)20-14-16-9-10-17-7-6-8-18(17)13-16/h9-10,13,15H,2-8,11-12,14H2,1H3,(H,20,22). The van der Waals surface area contributed by atoms with Crippen LogP contribution in [0.4, 0.5) is 0 Å². The normalized spacial score (nSPS) is 20.2. The monoisotopic (exact) mass is 300 g/mol. The summed E-state index contributed by atoms with van der Waals surface area (Å²) in [4.78, 5) is 14.7. The number of fused-ring (bicyclic) bond motifs is 1. The van der Waals surface area contributed by atoms with Gasteiger partial charge in [-0.3, -0.25) is 9.69 Å². The number of rotatable bonds is 4. The summed E-state index contributed by atoms with van der Waals surface area (Å²) in [5.41, 5.74) is 4.21. The number of nitrogens with zero attached hydrogens (tertiary/aromatic N) is 1. The van der Waals surface area contributed by atoms with Crippen molar-refractivity contribution in [3.05, 3.63) is 34.9 Å². The molecule has 1 N–H and O–H groups in total. The van der Waals surface area contributed by atoms with Crippen LogP contribution in [0.1, 0.15) is 55.7 Å². The van der Waals surface area contributed by atoms with E-state index < -0.39 is 0 Å². The smallest absolute Gasteiger partial charge is 0.237 e. The van der Waals surface area contributed by atoms with Crippen LogP contribution in [-0.4, -0.2) is 29.9 Å². The molecule has 1 atom stereocenters. The fourth-order valence-electron chi connectivity index (χ4n) is 3.72. The van der Waals surface area contributed by atoms with E-state index in [2.05, 4.69) is 28.4 Å². The van der Waals surface area contributed by atoms with Gasteiger partial charge in [-0.1, -0.05) is 31.0 Å². The van der Waals surface area contributed by atoms with Crippen molar-refractivity contribution in [2.45, 2.75) is 64.5 Å². The maximum Gasteiger partial charge on any atom is 0.237 e. The van der Waals surface area contributed by atoms with E-state index in [9.17, 15) is 4.79 Å². The van der Waals surface area contributed by atoms with Crippen molar-refractivity contribution in [1.29, 1.82) is 0 Å². The third-order valence-electron chi connectivity index (χ3n) is 5.20. The Morgan fingerprint density at radius 2 is 1.82 bits per heavy atom. The van der Waals surface area contributed by atoms with E-state index in [0.717, 1.165) is 13.1 Å². The predicted octanol–water partition coefficient (Wildman–Crippen LogP) is 3.06. The van der Waals surface area contributed by atoms with E-state index in [4.69, 9.17) is 0 Å². The number of amides is 1. The highest BCUT2D eigenvalue weighted by molar-refractivity contribution is 5.81. The minimum absolute atomic E-state index is 0.00692. The molecule has 1 unspecified atom stereocenters. The quantitative estimate of drug-likeness (QED) is 0.927. The lowest BCUT2D eigenvalue weighted by Crippen LogP contribution is -2.45. The SMILES string of the molecule is CC(C(=O)NCc1ccc2c(c1)CCC2)N1CCCCCC1. The molecule has 1 heterocycles. The van der Waals surface area contributed by atoms with Crippen molar-refractivity contribution < 1.29 is 4.79 Å². The van der Waals surface area contributed by atoms with Gasteiger partial charge in [0.2, 0.25) is 5.91 Å². The summed E-state index contributed by atoms with van der Waals surface area (Å²) in [5, 5.41) is 3.13. The molecule has 1 saturated heterocycles. The Hall–Kier alpha value is -1.35.